The van der Waals surface area contributed by atoms with Gasteiger partial charge in [0.05, 0.1) is 16.6 Å². The summed E-state index contributed by atoms with van der Waals surface area (Å²) < 4.78 is 38.3. The first-order chi connectivity index (χ1) is 23.0. The number of nitrogens with one attached hydrogen (secondary N) is 1. The molecule has 3 fully saturated rings. The molecule has 7 nitrogen and oxygen atoms in total. The van der Waals surface area contributed by atoms with Gasteiger partial charge >= 0.3 is 6.01 Å². The molecular formula is C38H51F3N6O. The zero-order chi connectivity index (χ0) is 33.3. The van der Waals surface area contributed by atoms with Crippen LogP contribution in [0, 0.1) is 18.6 Å². The van der Waals surface area contributed by atoms with Crippen molar-refractivity contribution in [1.29, 1.82) is 0 Å². The van der Waals surface area contributed by atoms with E-state index in [1.807, 2.05) is 45.9 Å². The topological polar surface area (TPSA) is 66.4 Å². The number of halogens is 3. The minimum absolute atomic E-state index is 0. The fraction of sp³-hybridized carbons (Fsp3) is 0.553. The summed E-state index contributed by atoms with van der Waals surface area (Å²) in [6.07, 6.45) is 6.30. The maximum absolute atomic E-state index is 17.0. The molecule has 1 N–H and O–H groups in total. The fourth-order valence-corrected chi connectivity index (χ4v) is 8.35. The molecule has 2 aromatic carbocycles. The van der Waals surface area contributed by atoms with Crippen LogP contribution in [-0.4, -0.2) is 70.8 Å². The SMILES string of the molecule is CC.CC.CCC1C[C@@H]2CNCCN2c2nc(OCC34CCCN3CCC4)nc3c(F)c(-c4cccc5ccc(F)c(C)c45)nc1c23.F. The van der Waals surface area contributed by atoms with Crippen LogP contribution in [0.15, 0.2) is 30.3 Å². The van der Waals surface area contributed by atoms with E-state index in [0.29, 0.717) is 28.5 Å². The highest BCUT2D eigenvalue weighted by Crippen LogP contribution is 2.45. The second kappa shape index (κ2) is 14.9. The van der Waals surface area contributed by atoms with Crippen molar-refractivity contribution in [3.8, 4) is 17.3 Å². The van der Waals surface area contributed by atoms with Crippen molar-refractivity contribution in [2.24, 2.45) is 0 Å². The van der Waals surface area contributed by atoms with Crippen LogP contribution in [0.3, 0.4) is 0 Å². The Kier molecular flexibility index (Phi) is 11.1. The Labute approximate surface area is 282 Å². The summed E-state index contributed by atoms with van der Waals surface area (Å²) in [7, 11) is 0. The highest BCUT2D eigenvalue weighted by atomic mass is 19.1. The summed E-state index contributed by atoms with van der Waals surface area (Å²) in [4.78, 5) is 19.8. The van der Waals surface area contributed by atoms with E-state index in [0.717, 1.165) is 75.3 Å². The number of benzene rings is 2. The third-order valence-corrected chi connectivity index (χ3v) is 10.6. The monoisotopic (exact) mass is 664 g/mol. The lowest BCUT2D eigenvalue weighted by atomic mass is 9.91. The Hall–Kier alpha value is -3.50. The standard InChI is InChI=1S/C34H38F2N6O.2C2H6.FH/c1-3-21-17-23-18-37-13-16-42(23)32-27-29(21)38-30(24-8-4-7-22-9-10-25(35)20(2)26(22)24)28(36)31(27)39-33(40-32)43-19-34-11-5-14-41(34)15-6-12-34;2*1-2;/h4,7-10,21,23,37H,3,5-6,11-19H2,1-2H3;2*1-2H3;1H/t21?,23-;;;/m1.../s1. The number of aryl methyl sites for hydroxylation is 1. The maximum Gasteiger partial charge on any atom is 0.319 e. The number of aromatic nitrogens is 3. The second-order valence-corrected chi connectivity index (χ2v) is 12.9. The average molecular weight is 665 g/mol. The summed E-state index contributed by atoms with van der Waals surface area (Å²) in [5.74, 6) is 0.00172. The lowest BCUT2D eigenvalue weighted by Gasteiger charge is -2.37. The molecule has 1 unspecified atom stereocenters. The van der Waals surface area contributed by atoms with Gasteiger partial charge in [-0.05, 0) is 80.9 Å². The van der Waals surface area contributed by atoms with E-state index in [4.69, 9.17) is 19.7 Å². The van der Waals surface area contributed by atoms with Gasteiger partial charge in [0.25, 0.3) is 0 Å². The molecule has 0 aliphatic carbocycles. The van der Waals surface area contributed by atoms with Gasteiger partial charge in [-0.25, -0.2) is 13.8 Å². The number of piperazine rings is 1. The Morgan fingerprint density at radius 2 is 1.71 bits per heavy atom. The predicted octanol–water partition coefficient (Wildman–Crippen LogP) is 8.32. The van der Waals surface area contributed by atoms with Crippen LogP contribution < -0.4 is 15.0 Å². The highest BCUT2D eigenvalue weighted by Gasteiger charge is 2.45. The molecule has 4 aliphatic heterocycles. The number of anilines is 1. The third kappa shape index (κ3) is 5.99. The molecule has 0 amide bonds. The van der Waals surface area contributed by atoms with Crippen molar-refractivity contribution in [3.63, 3.8) is 0 Å². The van der Waals surface area contributed by atoms with Crippen molar-refractivity contribution in [2.75, 3.05) is 44.2 Å². The normalized spacial score (nSPS) is 20.9. The number of rotatable bonds is 5. The van der Waals surface area contributed by atoms with Crippen LogP contribution >= 0.6 is 0 Å². The molecule has 4 aliphatic rings. The smallest absolute Gasteiger partial charge is 0.319 e. The molecule has 6 heterocycles. The Balaban J connectivity index is 0.000000870. The molecule has 0 saturated carbocycles. The van der Waals surface area contributed by atoms with Crippen LogP contribution in [0.5, 0.6) is 6.01 Å². The van der Waals surface area contributed by atoms with Gasteiger partial charge in [-0.3, -0.25) is 9.60 Å². The molecule has 8 rings (SSSR count). The van der Waals surface area contributed by atoms with Crippen molar-refractivity contribution in [3.05, 3.63) is 53.2 Å². The molecule has 0 radical (unpaired) electrons. The van der Waals surface area contributed by atoms with E-state index >= 15 is 4.39 Å². The Bertz CT molecular complexity index is 1740. The molecule has 10 heteroatoms. The zero-order valence-electron chi connectivity index (χ0n) is 29.3. The molecule has 2 aromatic heterocycles. The largest absolute Gasteiger partial charge is 0.461 e. The van der Waals surface area contributed by atoms with Gasteiger partial charge in [0.2, 0.25) is 0 Å². The molecule has 48 heavy (non-hydrogen) atoms. The molecule has 2 atom stereocenters. The van der Waals surface area contributed by atoms with Gasteiger partial charge in [-0.1, -0.05) is 58.9 Å². The van der Waals surface area contributed by atoms with Crippen LogP contribution in [-0.2, 0) is 0 Å². The van der Waals surface area contributed by atoms with Crippen LogP contribution in [0.2, 0.25) is 0 Å². The zero-order valence-corrected chi connectivity index (χ0v) is 29.3. The maximum atomic E-state index is 17.0. The number of hydrogen-bond donors (Lipinski definition) is 1. The number of fused-ring (bicyclic) bond motifs is 4. The second-order valence-electron chi connectivity index (χ2n) is 12.9. The average Bonchev–Trinajstić information content (AvgIpc) is 3.67. The number of pyridine rings is 1. The van der Waals surface area contributed by atoms with Crippen LogP contribution in [0.25, 0.3) is 32.9 Å². The lowest BCUT2D eigenvalue weighted by molar-refractivity contribution is 0.108. The van der Waals surface area contributed by atoms with Gasteiger partial charge < -0.3 is 15.0 Å². The quantitative estimate of drug-likeness (QED) is 0.230. The summed E-state index contributed by atoms with van der Waals surface area (Å²) in [6, 6.07) is 9.31. The van der Waals surface area contributed by atoms with Crippen molar-refractivity contribution >= 4 is 27.5 Å². The summed E-state index contributed by atoms with van der Waals surface area (Å²) in [5, 5.41) is 5.76. The van der Waals surface area contributed by atoms with E-state index in [9.17, 15) is 4.39 Å². The molecule has 3 saturated heterocycles. The van der Waals surface area contributed by atoms with E-state index in [2.05, 4.69) is 22.0 Å². The first-order valence-electron chi connectivity index (χ1n) is 17.9. The third-order valence-electron chi connectivity index (χ3n) is 10.6. The minimum atomic E-state index is -0.506. The van der Waals surface area contributed by atoms with Gasteiger partial charge in [0.1, 0.15) is 29.5 Å². The molecule has 0 spiro atoms. The van der Waals surface area contributed by atoms with E-state index in [1.165, 1.54) is 18.9 Å². The number of hydrogen-bond acceptors (Lipinski definition) is 7. The summed E-state index contributed by atoms with van der Waals surface area (Å²) in [5.41, 5.74) is 2.38. The first kappa shape index (κ1) is 35.8. The van der Waals surface area contributed by atoms with Crippen LogP contribution in [0.1, 0.15) is 90.3 Å². The summed E-state index contributed by atoms with van der Waals surface area (Å²) in [6.45, 7) is 17.1. The van der Waals surface area contributed by atoms with Gasteiger partial charge in [0, 0.05) is 37.2 Å². The van der Waals surface area contributed by atoms with E-state index < -0.39 is 5.82 Å². The first-order valence-corrected chi connectivity index (χ1v) is 17.9. The Morgan fingerprint density at radius 3 is 2.44 bits per heavy atom. The molecule has 260 valence electrons. The predicted molar refractivity (Wildman–Crippen MR) is 190 cm³/mol. The molecule has 4 aromatic rings. The Morgan fingerprint density at radius 1 is 0.958 bits per heavy atom. The fourth-order valence-electron chi connectivity index (χ4n) is 8.35. The van der Waals surface area contributed by atoms with E-state index in [-0.39, 0.29) is 45.2 Å². The van der Waals surface area contributed by atoms with Crippen molar-refractivity contribution in [1.82, 2.24) is 25.2 Å². The van der Waals surface area contributed by atoms with Gasteiger partial charge in [0.15, 0.2) is 5.82 Å². The molecular weight excluding hydrogens is 613 g/mol. The van der Waals surface area contributed by atoms with Crippen molar-refractivity contribution < 1.29 is 18.2 Å². The van der Waals surface area contributed by atoms with E-state index in [1.54, 1.807) is 13.0 Å². The summed E-state index contributed by atoms with van der Waals surface area (Å²) >= 11 is 0. The van der Waals surface area contributed by atoms with Gasteiger partial charge in [-0.2, -0.15) is 9.97 Å². The highest BCUT2D eigenvalue weighted by molar-refractivity contribution is 6.01. The number of ether oxygens (including phenoxy) is 1. The number of nitrogens with zero attached hydrogens (tertiary/aromatic N) is 5. The van der Waals surface area contributed by atoms with Crippen LogP contribution in [0.4, 0.5) is 19.3 Å². The van der Waals surface area contributed by atoms with Gasteiger partial charge in [-0.15, -0.1) is 0 Å². The van der Waals surface area contributed by atoms with Crippen molar-refractivity contribution in [2.45, 2.75) is 97.6 Å². The molecule has 0 bridgehead atoms. The minimum Gasteiger partial charge on any atom is -0.461 e. The lowest BCUT2D eigenvalue weighted by Crippen LogP contribution is -2.51.